The number of halogens is 1. The van der Waals surface area contributed by atoms with Gasteiger partial charge in [0.1, 0.15) is 5.82 Å². The Balaban J connectivity index is 1.92. The fourth-order valence-electron chi connectivity index (χ4n) is 2.48. The summed E-state index contributed by atoms with van der Waals surface area (Å²) in [6.45, 7) is 3.93. The van der Waals surface area contributed by atoms with Crippen molar-refractivity contribution < 1.29 is 9.18 Å². The number of hydrogen-bond donors (Lipinski definition) is 1. The van der Waals surface area contributed by atoms with E-state index in [1.807, 2.05) is 31.2 Å². The van der Waals surface area contributed by atoms with Crippen LogP contribution in [0, 0.1) is 5.82 Å². The molecular formula is C19H17FN2OS. The van der Waals surface area contributed by atoms with Gasteiger partial charge in [-0.05, 0) is 60.0 Å². The predicted octanol–water partition coefficient (Wildman–Crippen LogP) is 4.67. The number of nitrogens with one attached hydrogen (secondary N) is 1. The van der Waals surface area contributed by atoms with Crippen LogP contribution in [0.2, 0.25) is 0 Å². The first-order valence-electron chi connectivity index (χ1n) is 7.71. The highest BCUT2D eigenvalue weighted by molar-refractivity contribution is 8.18. The zero-order valence-corrected chi connectivity index (χ0v) is 14.3. The number of amidine groups is 1. The summed E-state index contributed by atoms with van der Waals surface area (Å²) in [5.74, 6) is -0.465. The Kier molecular flexibility index (Phi) is 4.81. The van der Waals surface area contributed by atoms with E-state index >= 15 is 0 Å². The Bertz CT molecular complexity index is 841. The third kappa shape index (κ3) is 3.41. The van der Waals surface area contributed by atoms with Gasteiger partial charge >= 0.3 is 0 Å². The number of aliphatic imine (C=N–C) groups is 1. The number of benzene rings is 2. The molecule has 0 unspecified atom stereocenters. The molecule has 1 fully saturated rings. The van der Waals surface area contributed by atoms with Crippen molar-refractivity contribution in [3.8, 4) is 0 Å². The van der Waals surface area contributed by atoms with E-state index in [2.05, 4.69) is 17.2 Å². The molecular weight excluding hydrogens is 323 g/mol. The van der Waals surface area contributed by atoms with Crippen LogP contribution in [-0.2, 0) is 11.2 Å². The quantitative estimate of drug-likeness (QED) is 0.825. The molecule has 0 radical (unpaired) electrons. The lowest BCUT2D eigenvalue weighted by molar-refractivity contribution is -0.115. The maximum Gasteiger partial charge on any atom is 0.264 e. The normalized spacial score (nSPS) is 18.0. The summed E-state index contributed by atoms with van der Waals surface area (Å²) in [5.41, 5.74) is 3.63. The monoisotopic (exact) mass is 340 g/mol. The number of thioether (sulfide) groups is 1. The largest absolute Gasteiger partial charge is 0.300 e. The van der Waals surface area contributed by atoms with Gasteiger partial charge in [-0.1, -0.05) is 37.3 Å². The number of carbonyl (C=O) groups excluding carboxylic acids is 1. The number of allylic oxidation sites excluding steroid dienone is 1. The first-order valence-corrected chi connectivity index (χ1v) is 8.52. The summed E-state index contributed by atoms with van der Waals surface area (Å²) in [6.07, 6.45) is 0.878. The van der Waals surface area contributed by atoms with Crippen LogP contribution in [0.1, 0.15) is 25.0 Å². The molecule has 2 aromatic carbocycles. The van der Waals surface area contributed by atoms with Crippen molar-refractivity contribution in [3.05, 3.63) is 70.4 Å². The van der Waals surface area contributed by atoms with Crippen LogP contribution in [-0.4, -0.2) is 11.1 Å². The van der Waals surface area contributed by atoms with E-state index in [0.29, 0.717) is 10.1 Å². The molecule has 1 amide bonds. The van der Waals surface area contributed by atoms with Crippen LogP contribution in [0.5, 0.6) is 0 Å². The molecule has 0 saturated carbocycles. The minimum atomic E-state index is -0.293. The Hall–Kier alpha value is -2.40. The van der Waals surface area contributed by atoms with E-state index in [-0.39, 0.29) is 11.7 Å². The number of hydrogen-bond acceptors (Lipinski definition) is 3. The van der Waals surface area contributed by atoms with Gasteiger partial charge in [-0.15, -0.1) is 0 Å². The van der Waals surface area contributed by atoms with Crippen LogP contribution in [0.25, 0.3) is 5.57 Å². The van der Waals surface area contributed by atoms with E-state index in [0.717, 1.165) is 28.8 Å². The highest BCUT2D eigenvalue weighted by Gasteiger charge is 2.26. The van der Waals surface area contributed by atoms with E-state index in [4.69, 9.17) is 0 Å². The smallest absolute Gasteiger partial charge is 0.264 e. The van der Waals surface area contributed by atoms with Gasteiger partial charge in [0.15, 0.2) is 5.17 Å². The van der Waals surface area contributed by atoms with E-state index in [1.165, 1.54) is 23.9 Å². The van der Waals surface area contributed by atoms with Gasteiger partial charge in [-0.3, -0.25) is 4.79 Å². The Labute approximate surface area is 144 Å². The fraction of sp³-hybridized carbons (Fsp3) is 0.158. The summed E-state index contributed by atoms with van der Waals surface area (Å²) >= 11 is 1.32. The van der Waals surface area contributed by atoms with E-state index in [9.17, 15) is 9.18 Å². The van der Waals surface area contributed by atoms with Crippen LogP contribution >= 0.6 is 11.8 Å². The van der Waals surface area contributed by atoms with Crippen LogP contribution in [0.15, 0.2) is 58.4 Å². The second-order valence-electron chi connectivity index (χ2n) is 5.42. The van der Waals surface area contributed by atoms with Crippen molar-refractivity contribution in [1.29, 1.82) is 0 Å². The molecule has 0 bridgehead atoms. The van der Waals surface area contributed by atoms with Crippen molar-refractivity contribution in [2.45, 2.75) is 20.3 Å². The molecule has 5 heteroatoms. The molecule has 0 aromatic heterocycles. The zero-order valence-electron chi connectivity index (χ0n) is 13.5. The minimum Gasteiger partial charge on any atom is -0.300 e. The molecule has 1 heterocycles. The molecule has 0 spiro atoms. The molecule has 1 saturated heterocycles. The summed E-state index contributed by atoms with van der Waals surface area (Å²) in [4.78, 5) is 17.4. The number of aryl methyl sites for hydroxylation is 1. The molecule has 0 aliphatic carbocycles. The van der Waals surface area contributed by atoms with Gasteiger partial charge in [0.2, 0.25) is 0 Å². The molecule has 0 atom stereocenters. The molecule has 3 rings (SSSR count). The highest BCUT2D eigenvalue weighted by atomic mass is 32.2. The van der Waals surface area contributed by atoms with Gasteiger partial charge < -0.3 is 5.32 Å². The Morgan fingerprint density at radius 1 is 1.17 bits per heavy atom. The average Bonchev–Trinajstić information content (AvgIpc) is 2.96. The number of nitrogens with zero attached hydrogens (tertiary/aromatic N) is 1. The molecule has 24 heavy (non-hydrogen) atoms. The number of para-hydroxylation sites is 1. The highest BCUT2D eigenvalue weighted by Crippen LogP contribution is 2.33. The van der Waals surface area contributed by atoms with Gasteiger partial charge in [0, 0.05) is 0 Å². The topological polar surface area (TPSA) is 41.5 Å². The lowest BCUT2D eigenvalue weighted by Gasteiger charge is -2.04. The summed E-state index contributed by atoms with van der Waals surface area (Å²) in [6, 6.07) is 14.0. The maximum absolute atomic E-state index is 13.1. The average molecular weight is 340 g/mol. The van der Waals surface area contributed by atoms with Crippen LogP contribution < -0.4 is 5.32 Å². The first-order chi connectivity index (χ1) is 11.6. The third-order valence-corrected chi connectivity index (χ3v) is 4.92. The zero-order chi connectivity index (χ0) is 17.1. The van der Waals surface area contributed by atoms with Crippen molar-refractivity contribution in [3.63, 3.8) is 0 Å². The Morgan fingerprint density at radius 2 is 1.88 bits per heavy atom. The fourth-order valence-corrected chi connectivity index (χ4v) is 3.38. The molecule has 1 aliphatic heterocycles. The van der Waals surface area contributed by atoms with Gasteiger partial charge in [-0.2, -0.15) is 0 Å². The SMILES string of the molecule is CCc1ccccc1N=C1NC(=O)/C(=C(\C)c2ccc(F)cc2)S1. The lowest BCUT2D eigenvalue weighted by Crippen LogP contribution is -2.19. The van der Waals surface area contributed by atoms with Crippen LogP contribution in [0.4, 0.5) is 10.1 Å². The Morgan fingerprint density at radius 3 is 2.58 bits per heavy atom. The maximum atomic E-state index is 13.1. The summed E-state index contributed by atoms with van der Waals surface area (Å²) < 4.78 is 13.1. The second-order valence-corrected chi connectivity index (χ2v) is 6.42. The van der Waals surface area contributed by atoms with Crippen molar-refractivity contribution in [2.75, 3.05) is 0 Å². The van der Waals surface area contributed by atoms with Gasteiger partial charge in [-0.25, -0.2) is 9.38 Å². The number of amides is 1. The molecule has 122 valence electrons. The van der Waals surface area contributed by atoms with Gasteiger partial charge in [0.25, 0.3) is 5.91 Å². The standard InChI is InChI=1S/C19H17FN2OS/c1-3-13-6-4-5-7-16(13)21-19-22-18(23)17(24-19)12(2)14-8-10-15(20)11-9-14/h4-11H,3H2,1-2H3,(H,21,22,23)/b17-12-. The van der Waals surface area contributed by atoms with E-state index < -0.39 is 0 Å². The second kappa shape index (κ2) is 7.01. The van der Waals surface area contributed by atoms with E-state index in [1.54, 1.807) is 12.1 Å². The minimum absolute atomic E-state index is 0.172. The molecule has 1 N–H and O–H groups in total. The molecule has 1 aliphatic rings. The number of carbonyl (C=O) groups is 1. The lowest BCUT2D eigenvalue weighted by atomic mass is 10.1. The van der Waals surface area contributed by atoms with Crippen molar-refractivity contribution >= 4 is 34.1 Å². The number of rotatable bonds is 3. The van der Waals surface area contributed by atoms with Crippen molar-refractivity contribution in [2.24, 2.45) is 4.99 Å². The molecule has 3 nitrogen and oxygen atoms in total. The molecule has 2 aromatic rings. The predicted molar refractivity (Wildman–Crippen MR) is 97.6 cm³/mol. The third-order valence-electron chi connectivity index (χ3n) is 3.84. The van der Waals surface area contributed by atoms with Crippen molar-refractivity contribution in [1.82, 2.24) is 5.32 Å². The summed E-state index contributed by atoms with van der Waals surface area (Å²) in [7, 11) is 0. The first kappa shape index (κ1) is 16.5. The summed E-state index contributed by atoms with van der Waals surface area (Å²) in [5, 5.41) is 3.37. The van der Waals surface area contributed by atoms with Crippen LogP contribution in [0.3, 0.4) is 0 Å². The van der Waals surface area contributed by atoms with Gasteiger partial charge in [0.05, 0.1) is 10.6 Å².